The van der Waals surface area contributed by atoms with Crippen LogP contribution in [0, 0.1) is 11.8 Å². The topological polar surface area (TPSA) is 108 Å². The maximum Gasteiger partial charge on any atom is 0.573 e. The van der Waals surface area contributed by atoms with Gasteiger partial charge >= 0.3 is 12.1 Å². The molecule has 1 aliphatic rings. The summed E-state index contributed by atoms with van der Waals surface area (Å²) in [5, 5.41) is 7.47. The molecule has 2 aromatic heterocycles. The largest absolute Gasteiger partial charge is 0.573 e. The highest BCUT2D eigenvalue weighted by atomic mass is 19.4. The summed E-state index contributed by atoms with van der Waals surface area (Å²) in [6, 6.07) is 5.42. The van der Waals surface area contributed by atoms with Crippen molar-refractivity contribution < 1.29 is 17.9 Å². The molecular weight excluding hydrogens is 465 g/mol. The first-order valence-electron chi connectivity index (χ1n) is 11.0. The van der Waals surface area contributed by atoms with Crippen LogP contribution in [-0.2, 0) is 6.54 Å². The van der Waals surface area contributed by atoms with Crippen molar-refractivity contribution in [1.29, 1.82) is 0 Å². The van der Waals surface area contributed by atoms with Crippen LogP contribution in [0.5, 0.6) is 5.75 Å². The Morgan fingerprint density at radius 2 is 2.03 bits per heavy atom. The zero-order valence-electron chi connectivity index (χ0n) is 18.8. The standard InChI is InChI=1S/C23H23F3N6O3/c1-2-3-4-11-32-19(28-18-20(32)29-22(34)30-21(18)33)16-13-27-31(14-16)10-6-8-15-7-5-9-17(12-15)35-23(24,25)26/h5,7,9,12-14,19,28H,2-4,10-11H2,1H3,(H2,29,30,33,34). The van der Waals surface area contributed by atoms with E-state index in [2.05, 4.69) is 43.9 Å². The molecule has 35 heavy (non-hydrogen) atoms. The number of fused-ring (bicyclic) bond motifs is 1. The van der Waals surface area contributed by atoms with E-state index in [1.54, 1.807) is 23.1 Å². The molecule has 0 saturated carbocycles. The number of rotatable bonds is 7. The number of aromatic nitrogens is 4. The van der Waals surface area contributed by atoms with Crippen LogP contribution in [-0.4, -0.2) is 32.7 Å². The second-order valence-electron chi connectivity index (χ2n) is 7.93. The van der Waals surface area contributed by atoms with Gasteiger partial charge in [-0.05, 0) is 24.6 Å². The lowest BCUT2D eigenvalue weighted by molar-refractivity contribution is -0.274. The van der Waals surface area contributed by atoms with Crippen LogP contribution in [0.15, 0.2) is 46.2 Å². The third-order valence-corrected chi connectivity index (χ3v) is 5.32. The fraction of sp³-hybridized carbons (Fsp3) is 0.348. The van der Waals surface area contributed by atoms with E-state index in [0.29, 0.717) is 23.6 Å². The number of hydrogen-bond acceptors (Lipinski definition) is 6. The van der Waals surface area contributed by atoms with Crippen molar-refractivity contribution in [2.75, 3.05) is 16.8 Å². The van der Waals surface area contributed by atoms with Gasteiger partial charge in [0.1, 0.15) is 30.0 Å². The number of anilines is 2. The van der Waals surface area contributed by atoms with Gasteiger partial charge < -0.3 is 15.0 Å². The predicted molar refractivity (Wildman–Crippen MR) is 123 cm³/mol. The number of benzene rings is 1. The molecule has 9 nitrogen and oxygen atoms in total. The molecule has 3 heterocycles. The molecule has 3 aromatic rings. The third kappa shape index (κ3) is 5.87. The number of hydrogen-bond donors (Lipinski definition) is 3. The molecule has 1 unspecified atom stereocenters. The van der Waals surface area contributed by atoms with Crippen LogP contribution in [0.1, 0.15) is 43.5 Å². The Morgan fingerprint density at radius 1 is 1.20 bits per heavy atom. The maximum atomic E-state index is 12.4. The summed E-state index contributed by atoms with van der Waals surface area (Å²) in [6.07, 6.45) is 1.12. The lowest BCUT2D eigenvalue weighted by Crippen LogP contribution is -2.30. The number of unbranched alkanes of at least 4 members (excludes halogenated alkanes) is 2. The Balaban J connectivity index is 1.49. The van der Waals surface area contributed by atoms with E-state index in [0.717, 1.165) is 24.8 Å². The predicted octanol–water partition coefficient (Wildman–Crippen LogP) is 3.33. The van der Waals surface area contributed by atoms with Crippen LogP contribution in [0.25, 0.3) is 0 Å². The number of aromatic amines is 2. The number of H-pyrrole nitrogens is 2. The van der Waals surface area contributed by atoms with Crippen molar-refractivity contribution in [2.24, 2.45) is 0 Å². The second-order valence-corrected chi connectivity index (χ2v) is 7.93. The van der Waals surface area contributed by atoms with E-state index >= 15 is 0 Å². The third-order valence-electron chi connectivity index (χ3n) is 5.32. The van der Waals surface area contributed by atoms with Crippen LogP contribution >= 0.6 is 0 Å². The summed E-state index contributed by atoms with van der Waals surface area (Å²) in [6.45, 7) is 2.90. The van der Waals surface area contributed by atoms with Crippen LogP contribution in [0.4, 0.5) is 24.7 Å². The van der Waals surface area contributed by atoms with E-state index in [-0.39, 0.29) is 12.3 Å². The van der Waals surface area contributed by atoms with Crippen molar-refractivity contribution in [2.45, 2.75) is 45.3 Å². The lowest BCUT2D eigenvalue weighted by Gasteiger charge is -2.25. The number of nitrogens with one attached hydrogen (secondary N) is 3. The normalized spacial score (nSPS) is 14.7. The van der Waals surface area contributed by atoms with Crippen molar-refractivity contribution in [3.05, 3.63) is 68.6 Å². The Labute approximate surface area is 197 Å². The minimum atomic E-state index is -4.77. The fourth-order valence-electron chi connectivity index (χ4n) is 3.80. The SMILES string of the molecule is CCCCCN1c2[nH]c(=O)[nH]c(=O)c2NC1c1cnn(CC#Cc2cccc(OC(F)(F)F)c2)c1. The molecule has 0 bridgehead atoms. The summed E-state index contributed by atoms with van der Waals surface area (Å²) in [5.74, 6) is 5.77. The van der Waals surface area contributed by atoms with Gasteiger partial charge in [-0.25, -0.2) is 4.79 Å². The second kappa shape index (κ2) is 10.0. The lowest BCUT2D eigenvalue weighted by atomic mass is 10.2. The number of halogens is 3. The Bertz CT molecular complexity index is 1370. The Kier molecular flexibility index (Phi) is 6.86. The van der Waals surface area contributed by atoms with Crippen LogP contribution in [0.2, 0.25) is 0 Å². The summed E-state index contributed by atoms with van der Waals surface area (Å²) >= 11 is 0. The zero-order valence-corrected chi connectivity index (χ0v) is 18.8. The molecule has 4 rings (SSSR count). The first-order valence-corrected chi connectivity index (χ1v) is 11.0. The first kappa shape index (κ1) is 24.0. The quantitative estimate of drug-likeness (QED) is 0.348. The fourth-order valence-corrected chi connectivity index (χ4v) is 3.80. The van der Waals surface area contributed by atoms with Crippen molar-refractivity contribution in [3.63, 3.8) is 0 Å². The molecule has 0 spiro atoms. The highest BCUT2D eigenvalue weighted by Crippen LogP contribution is 2.36. The Morgan fingerprint density at radius 3 is 2.80 bits per heavy atom. The van der Waals surface area contributed by atoms with Gasteiger partial charge in [0, 0.05) is 23.9 Å². The van der Waals surface area contributed by atoms with Crippen LogP contribution < -0.4 is 26.2 Å². The highest BCUT2D eigenvalue weighted by molar-refractivity contribution is 5.71. The summed E-state index contributed by atoms with van der Waals surface area (Å²) in [7, 11) is 0. The Hall–Kier alpha value is -4.14. The minimum absolute atomic E-state index is 0.192. The molecule has 0 aliphatic carbocycles. The summed E-state index contributed by atoms with van der Waals surface area (Å²) < 4.78 is 42.7. The molecule has 12 heteroatoms. The van der Waals surface area contributed by atoms with Gasteiger partial charge in [-0.1, -0.05) is 37.7 Å². The maximum absolute atomic E-state index is 12.4. The van der Waals surface area contributed by atoms with Gasteiger partial charge in [-0.15, -0.1) is 13.2 Å². The number of nitrogens with zero attached hydrogens (tertiary/aromatic N) is 3. The van der Waals surface area contributed by atoms with E-state index in [1.807, 2.05) is 4.90 Å². The van der Waals surface area contributed by atoms with Gasteiger partial charge in [-0.3, -0.25) is 19.4 Å². The van der Waals surface area contributed by atoms with Crippen LogP contribution in [0.3, 0.4) is 0 Å². The first-order chi connectivity index (χ1) is 16.7. The zero-order chi connectivity index (χ0) is 25.0. The molecule has 0 radical (unpaired) electrons. The van der Waals surface area contributed by atoms with Gasteiger partial charge in [-0.2, -0.15) is 5.10 Å². The van der Waals surface area contributed by atoms with Gasteiger partial charge in [0.15, 0.2) is 0 Å². The molecular formula is C23H23F3N6O3. The van der Waals surface area contributed by atoms with E-state index < -0.39 is 23.8 Å². The van der Waals surface area contributed by atoms with Gasteiger partial charge in [0.2, 0.25) is 0 Å². The molecule has 3 N–H and O–H groups in total. The van der Waals surface area contributed by atoms with Crippen molar-refractivity contribution >= 4 is 11.5 Å². The molecule has 184 valence electrons. The molecule has 0 fully saturated rings. The molecule has 0 amide bonds. The molecule has 1 atom stereocenters. The average molecular weight is 488 g/mol. The van der Waals surface area contributed by atoms with E-state index in [1.165, 1.54) is 18.2 Å². The molecule has 0 saturated heterocycles. The van der Waals surface area contributed by atoms with Crippen molar-refractivity contribution in [1.82, 2.24) is 19.7 Å². The minimum Gasteiger partial charge on any atom is -0.406 e. The number of alkyl halides is 3. The summed E-state index contributed by atoms with van der Waals surface area (Å²) in [5.41, 5.74) is 0.353. The smallest absolute Gasteiger partial charge is 0.406 e. The average Bonchev–Trinajstić information content (AvgIpc) is 3.38. The monoisotopic (exact) mass is 488 g/mol. The summed E-state index contributed by atoms with van der Waals surface area (Å²) in [4.78, 5) is 31.0. The molecule has 1 aliphatic heterocycles. The van der Waals surface area contributed by atoms with Gasteiger partial charge in [0.05, 0.1) is 6.20 Å². The van der Waals surface area contributed by atoms with E-state index in [4.69, 9.17) is 0 Å². The van der Waals surface area contributed by atoms with Crippen molar-refractivity contribution in [3.8, 4) is 17.6 Å². The number of ether oxygens (including phenoxy) is 1. The van der Waals surface area contributed by atoms with E-state index in [9.17, 15) is 22.8 Å². The van der Waals surface area contributed by atoms with Gasteiger partial charge in [0.25, 0.3) is 5.56 Å². The molecule has 1 aromatic carbocycles. The highest BCUT2D eigenvalue weighted by Gasteiger charge is 2.33.